The molecule has 0 saturated heterocycles. The first-order valence-corrected chi connectivity index (χ1v) is 7.78. The first-order chi connectivity index (χ1) is 10.5. The SMILES string of the molecule is Cc1cc(Br)ccc1NC(=O)c1cc2ccccc2nc1C. The van der Waals surface area contributed by atoms with Gasteiger partial charge in [-0.1, -0.05) is 34.1 Å². The van der Waals surface area contributed by atoms with E-state index < -0.39 is 0 Å². The van der Waals surface area contributed by atoms with Crippen LogP contribution in [0.2, 0.25) is 0 Å². The number of carbonyl (C=O) groups excluding carboxylic acids is 1. The van der Waals surface area contributed by atoms with Crippen LogP contribution in [0.1, 0.15) is 21.6 Å². The zero-order chi connectivity index (χ0) is 15.7. The fourth-order valence-electron chi connectivity index (χ4n) is 2.40. The molecule has 3 aromatic rings. The van der Waals surface area contributed by atoms with Gasteiger partial charge in [0.25, 0.3) is 5.91 Å². The van der Waals surface area contributed by atoms with Crippen LogP contribution in [-0.4, -0.2) is 10.9 Å². The summed E-state index contributed by atoms with van der Waals surface area (Å²) >= 11 is 3.42. The molecule has 0 radical (unpaired) electrons. The summed E-state index contributed by atoms with van der Waals surface area (Å²) in [4.78, 5) is 17.1. The van der Waals surface area contributed by atoms with Gasteiger partial charge in [-0.15, -0.1) is 0 Å². The van der Waals surface area contributed by atoms with Gasteiger partial charge in [-0.2, -0.15) is 0 Å². The second-order valence-electron chi connectivity index (χ2n) is 5.23. The molecule has 0 spiro atoms. The molecule has 22 heavy (non-hydrogen) atoms. The third kappa shape index (κ3) is 2.88. The first-order valence-electron chi connectivity index (χ1n) is 6.98. The molecule has 0 bridgehead atoms. The molecule has 1 amide bonds. The molecule has 1 heterocycles. The predicted octanol–water partition coefficient (Wildman–Crippen LogP) is 4.87. The fraction of sp³-hybridized carbons (Fsp3) is 0.111. The number of hydrogen-bond donors (Lipinski definition) is 1. The van der Waals surface area contributed by atoms with Crippen LogP contribution in [0.5, 0.6) is 0 Å². The molecule has 0 atom stereocenters. The first kappa shape index (κ1) is 14.7. The van der Waals surface area contributed by atoms with Gasteiger partial charge in [0, 0.05) is 15.5 Å². The number of anilines is 1. The van der Waals surface area contributed by atoms with E-state index in [1.165, 1.54) is 0 Å². The number of fused-ring (bicyclic) bond motifs is 1. The summed E-state index contributed by atoms with van der Waals surface area (Å²) in [6.45, 7) is 3.82. The number of aromatic nitrogens is 1. The lowest BCUT2D eigenvalue weighted by Gasteiger charge is -2.11. The minimum absolute atomic E-state index is 0.138. The summed E-state index contributed by atoms with van der Waals surface area (Å²) in [5, 5.41) is 3.92. The number of nitrogens with one attached hydrogen (secondary N) is 1. The van der Waals surface area contributed by atoms with E-state index in [9.17, 15) is 4.79 Å². The Hall–Kier alpha value is -2.20. The van der Waals surface area contributed by atoms with E-state index in [0.717, 1.165) is 32.3 Å². The summed E-state index contributed by atoms with van der Waals surface area (Å²) in [6.07, 6.45) is 0. The largest absolute Gasteiger partial charge is 0.322 e. The molecule has 1 N–H and O–H groups in total. The van der Waals surface area contributed by atoms with Crippen LogP contribution in [0.15, 0.2) is 53.0 Å². The molecule has 1 aromatic heterocycles. The van der Waals surface area contributed by atoms with Gasteiger partial charge < -0.3 is 5.32 Å². The number of carbonyl (C=O) groups is 1. The molecule has 0 aliphatic heterocycles. The number of rotatable bonds is 2. The number of hydrogen-bond acceptors (Lipinski definition) is 2. The summed E-state index contributed by atoms with van der Waals surface area (Å²) in [5.74, 6) is -0.138. The van der Waals surface area contributed by atoms with Crippen LogP contribution in [0.25, 0.3) is 10.9 Å². The molecule has 2 aromatic carbocycles. The van der Waals surface area contributed by atoms with Gasteiger partial charge >= 0.3 is 0 Å². The number of para-hydroxylation sites is 1. The molecule has 3 nitrogen and oxygen atoms in total. The Bertz CT molecular complexity index is 874. The molecule has 0 fully saturated rings. The fourth-order valence-corrected chi connectivity index (χ4v) is 2.87. The van der Waals surface area contributed by atoms with E-state index in [-0.39, 0.29) is 5.91 Å². The maximum Gasteiger partial charge on any atom is 0.257 e. The Balaban J connectivity index is 1.96. The van der Waals surface area contributed by atoms with Crippen LogP contribution >= 0.6 is 15.9 Å². The van der Waals surface area contributed by atoms with Crippen LogP contribution in [0.3, 0.4) is 0 Å². The van der Waals surface area contributed by atoms with Crippen molar-refractivity contribution in [2.75, 3.05) is 5.32 Å². The smallest absolute Gasteiger partial charge is 0.257 e. The van der Waals surface area contributed by atoms with Gasteiger partial charge in [0.15, 0.2) is 0 Å². The van der Waals surface area contributed by atoms with Crippen molar-refractivity contribution in [1.29, 1.82) is 0 Å². The average molecular weight is 355 g/mol. The quantitative estimate of drug-likeness (QED) is 0.713. The average Bonchev–Trinajstić information content (AvgIpc) is 2.49. The van der Waals surface area contributed by atoms with Crippen molar-refractivity contribution in [1.82, 2.24) is 4.98 Å². The van der Waals surface area contributed by atoms with Gasteiger partial charge in [0.05, 0.1) is 16.8 Å². The zero-order valence-electron chi connectivity index (χ0n) is 12.4. The monoisotopic (exact) mass is 354 g/mol. The number of aryl methyl sites for hydroxylation is 2. The minimum Gasteiger partial charge on any atom is -0.322 e. The van der Waals surface area contributed by atoms with Gasteiger partial charge in [0.2, 0.25) is 0 Å². The Labute approximate surface area is 137 Å². The highest BCUT2D eigenvalue weighted by atomic mass is 79.9. The lowest BCUT2D eigenvalue weighted by atomic mass is 10.1. The molecule has 4 heteroatoms. The second-order valence-corrected chi connectivity index (χ2v) is 6.14. The van der Waals surface area contributed by atoms with Gasteiger partial charge in [-0.25, -0.2) is 0 Å². The van der Waals surface area contributed by atoms with Crippen LogP contribution < -0.4 is 5.32 Å². The highest BCUT2D eigenvalue weighted by Crippen LogP contribution is 2.22. The van der Waals surface area contributed by atoms with Crippen molar-refractivity contribution in [3.05, 3.63) is 69.8 Å². The van der Waals surface area contributed by atoms with Crippen molar-refractivity contribution in [2.24, 2.45) is 0 Å². The van der Waals surface area contributed by atoms with E-state index in [1.54, 1.807) is 0 Å². The number of amides is 1. The second kappa shape index (κ2) is 5.89. The van der Waals surface area contributed by atoms with E-state index in [2.05, 4.69) is 26.2 Å². The number of nitrogens with zero attached hydrogens (tertiary/aromatic N) is 1. The van der Waals surface area contributed by atoms with E-state index in [4.69, 9.17) is 0 Å². The summed E-state index contributed by atoms with van der Waals surface area (Å²) in [6, 6.07) is 15.5. The number of benzene rings is 2. The Kier molecular flexibility index (Phi) is 3.94. The van der Waals surface area contributed by atoms with Crippen LogP contribution in [0, 0.1) is 13.8 Å². The lowest BCUT2D eigenvalue weighted by molar-refractivity contribution is 0.102. The minimum atomic E-state index is -0.138. The highest BCUT2D eigenvalue weighted by molar-refractivity contribution is 9.10. The van der Waals surface area contributed by atoms with Crippen molar-refractivity contribution < 1.29 is 4.79 Å². The summed E-state index contributed by atoms with van der Waals surface area (Å²) in [7, 11) is 0. The van der Waals surface area contributed by atoms with E-state index in [1.807, 2.05) is 62.4 Å². The lowest BCUT2D eigenvalue weighted by Crippen LogP contribution is -2.15. The molecular weight excluding hydrogens is 340 g/mol. The van der Waals surface area contributed by atoms with E-state index in [0.29, 0.717) is 5.56 Å². The molecule has 3 rings (SSSR count). The summed E-state index contributed by atoms with van der Waals surface area (Å²) < 4.78 is 0.992. The normalized spacial score (nSPS) is 10.7. The standard InChI is InChI=1S/C18H15BrN2O/c1-11-9-14(19)7-8-16(11)21-18(22)15-10-13-5-3-4-6-17(13)20-12(15)2/h3-10H,1-2H3,(H,21,22). The molecule has 110 valence electrons. The molecule has 0 unspecified atom stereocenters. The van der Waals surface area contributed by atoms with Crippen LogP contribution in [0.4, 0.5) is 5.69 Å². The maximum atomic E-state index is 12.6. The maximum absolute atomic E-state index is 12.6. The number of pyridine rings is 1. The molecular formula is C18H15BrN2O. The summed E-state index contributed by atoms with van der Waals surface area (Å²) in [5.41, 5.74) is 4.04. The Morgan fingerprint density at radius 1 is 1.09 bits per heavy atom. The van der Waals surface area contributed by atoms with E-state index >= 15 is 0 Å². The third-order valence-corrected chi connectivity index (χ3v) is 4.09. The van der Waals surface area contributed by atoms with Gasteiger partial charge in [0.1, 0.15) is 0 Å². The Morgan fingerprint density at radius 2 is 1.86 bits per heavy atom. The van der Waals surface area contributed by atoms with Gasteiger partial charge in [-0.3, -0.25) is 9.78 Å². The highest BCUT2D eigenvalue weighted by Gasteiger charge is 2.12. The predicted molar refractivity (Wildman–Crippen MR) is 93.3 cm³/mol. The topological polar surface area (TPSA) is 42.0 Å². The van der Waals surface area contributed by atoms with Crippen LogP contribution in [-0.2, 0) is 0 Å². The van der Waals surface area contributed by atoms with Crippen molar-refractivity contribution in [3.8, 4) is 0 Å². The van der Waals surface area contributed by atoms with Crippen molar-refractivity contribution in [2.45, 2.75) is 13.8 Å². The van der Waals surface area contributed by atoms with Crippen molar-refractivity contribution >= 4 is 38.4 Å². The Morgan fingerprint density at radius 3 is 2.64 bits per heavy atom. The molecule has 0 saturated carbocycles. The van der Waals surface area contributed by atoms with Gasteiger partial charge in [-0.05, 0) is 49.7 Å². The van der Waals surface area contributed by atoms with Crippen molar-refractivity contribution in [3.63, 3.8) is 0 Å². The zero-order valence-corrected chi connectivity index (χ0v) is 13.9. The molecule has 0 aliphatic carbocycles. The number of halogens is 1. The molecule has 0 aliphatic rings. The third-order valence-electron chi connectivity index (χ3n) is 3.60.